The molecule has 5 heteroatoms. The highest BCUT2D eigenvalue weighted by Crippen LogP contribution is 2.12. The first-order chi connectivity index (χ1) is 8.76. The summed E-state index contributed by atoms with van der Waals surface area (Å²) in [6.07, 6.45) is 2.28. The Morgan fingerprint density at radius 1 is 1.22 bits per heavy atom. The second-order valence-corrected chi connectivity index (χ2v) is 3.96. The summed E-state index contributed by atoms with van der Waals surface area (Å²) in [5.41, 5.74) is 0. The first-order valence-electron chi connectivity index (χ1n) is 6.56. The van der Waals surface area contributed by atoms with E-state index in [4.69, 9.17) is 9.47 Å². The van der Waals surface area contributed by atoms with Crippen LogP contribution in [-0.4, -0.2) is 36.3 Å². The summed E-state index contributed by atoms with van der Waals surface area (Å²) in [7, 11) is 0. The molecule has 0 aliphatic rings. The molecule has 18 heavy (non-hydrogen) atoms. The van der Waals surface area contributed by atoms with Crippen LogP contribution in [0.5, 0.6) is 5.88 Å². The zero-order valence-corrected chi connectivity index (χ0v) is 11.5. The summed E-state index contributed by atoms with van der Waals surface area (Å²) >= 11 is 0. The third-order valence-corrected chi connectivity index (χ3v) is 2.30. The van der Waals surface area contributed by atoms with E-state index >= 15 is 0 Å². The zero-order chi connectivity index (χ0) is 13.2. The highest BCUT2D eigenvalue weighted by molar-refractivity contribution is 5.38. The van der Waals surface area contributed by atoms with Crippen LogP contribution in [0.4, 0.5) is 5.82 Å². The van der Waals surface area contributed by atoms with Crippen LogP contribution in [0.2, 0.25) is 0 Å². The number of ether oxygens (including phenoxy) is 2. The molecule has 0 atom stereocenters. The van der Waals surface area contributed by atoms with Crippen LogP contribution in [0.25, 0.3) is 0 Å². The van der Waals surface area contributed by atoms with E-state index in [1.54, 1.807) is 0 Å². The van der Waals surface area contributed by atoms with Crippen LogP contribution in [0.15, 0.2) is 6.07 Å². The maximum absolute atomic E-state index is 5.47. The van der Waals surface area contributed by atoms with Gasteiger partial charge in [-0.2, -0.15) is 4.98 Å². The third-order valence-electron chi connectivity index (χ3n) is 2.30. The maximum atomic E-state index is 5.47. The van der Waals surface area contributed by atoms with Crippen LogP contribution >= 0.6 is 0 Å². The highest BCUT2D eigenvalue weighted by Gasteiger charge is 2.01. The summed E-state index contributed by atoms with van der Waals surface area (Å²) in [4.78, 5) is 8.48. The largest absolute Gasteiger partial charge is 0.478 e. The number of nitrogens with one attached hydrogen (secondary N) is 1. The molecule has 0 aromatic carbocycles. The summed E-state index contributed by atoms with van der Waals surface area (Å²) < 4.78 is 10.8. The Labute approximate surface area is 109 Å². The fourth-order valence-corrected chi connectivity index (χ4v) is 1.45. The van der Waals surface area contributed by atoms with Crippen LogP contribution in [0, 0.1) is 6.92 Å². The molecule has 1 heterocycles. The van der Waals surface area contributed by atoms with Gasteiger partial charge in [0.05, 0.1) is 13.2 Å². The number of hydrogen-bond donors (Lipinski definition) is 1. The van der Waals surface area contributed by atoms with Crippen molar-refractivity contribution < 1.29 is 9.47 Å². The van der Waals surface area contributed by atoms with Gasteiger partial charge in [0.15, 0.2) is 0 Å². The average Bonchev–Trinajstić information content (AvgIpc) is 2.33. The van der Waals surface area contributed by atoms with Gasteiger partial charge in [0, 0.05) is 19.2 Å². The second-order valence-electron chi connectivity index (χ2n) is 3.96. The lowest BCUT2D eigenvalue weighted by Crippen LogP contribution is -2.12. The number of hydrogen-bond acceptors (Lipinski definition) is 5. The Balaban J connectivity index is 2.32. The molecular weight excluding hydrogens is 230 g/mol. The van der Waals surface area contributed by atoms with E-state index in [9.17, 15) is 0 Å². The minimum absolute atomic E-state index is 0.607. The fraction of sp³-hybridized carbons (Fsp3) is 0.692. The maximum Gasteiger partial charge on any atom is 0.218 e. The molecule has 1 N–H and O–H groups in total. The van der Waals surface area contributed by atoms with Crippen molar-refractivity contribution in [1.29, 1.82) is 0 Å². The first-order valence-corrected chi connectivity index (χ1v) is 6.56. The number of anilines is 1. The van der Waals surface area contributed by atoms with Gasteiger partial charge in [-0.3, -0.25) is 0 Å². The molecule has 0 spiro atoms. The van der Waals surface area contributed by atoms with Gasteiger partial charge in [-0.05, 0) is 20.3 Å². The van der Waals surface area contributed by atoms with Crippen molar-refractivity contribution in [3.63, 3.8) is 0 Å². The minimum atomic E-state index is 0.607. The predicted octanol–water partition coefficient (Wildman–Crippen LogP) is 2.41. The van der Waals surface area contributed by atoms with Gasteiger partial charge in [-0.15, -0.1) is 0 Å². The lowest BCUT2D eigenvalue weighted by Gasteiger charge is -2.09. The number of nitrogens with zero attached hydrogens (tertiary/aromatic N) is 2. The Morgan fingerprint density at radius 2 is 2.06 bits per heavy atom. The molecule has 0 saturated carbocycles. The van der Waals surface area contributed by atoms with E-state index in [0.717, 1.165) is 31.8 Å². The predicted molar refractivity (Wildman–Crippen MR) is 72.2 cm³/mol. The van der Waals surface area contributed by atoms with Crippen molar-refractivity contribution in [3.05, 3.63) is 11.9 Å². The summed E-state index contributed by atoms with van der Waals surface area (Å²) in [5.74, 6) is 2.10. The lowest BCUT2D eigenvalue weighted by atomic mass is 10.4. The van der Waals surface area contributed by atoms with Crippen molar-refractivity contribution in [2.75, 3.05) is 31.7 Å². The number of rotatable bonds is 9. The van der Waals surface area contributed by atoms with E-state index in [1.165, 1.54) is 0 Å². The van der Waals surface area contributed by atoms with Crippen molar-refractivity contribution in [2.45, 2.75) is 33.6 Å². The van der Waals surface area contributed by atoms with Gasteiger partial charge < -0.3 is 14.8 Å². The topological polar surface area (TPSA) is 56.3 Å². The standard InChI is InChI=1S/C13H23N3O2/c1-4-6-8-17-9-7-14-12-10-13(18-5-2)16-11(3)15-12/h10H,4-9H2,1-3H3,(H,14,15,16). The molecular formula is C13H23N3O2. The molecule has 102 valence electrons. The van der Waals surface area contributed by atoms with Crippen LogP contribution < -0.4 is 10.1 Å². The SMILES string of the molecule is CCCCOCCNc1cc(OCC)nc(C)n1. The number of aryl methyl sites for hydroxylation is 1. The Bertz CT molecular complexity index is 345. The molecule has 1 aromatic rings. The summed E-state index contributed by atoms with van der Waals surface area (Å²) in [6.45, 7) is 8.80. The van der Waals surface area contributed by atoms with Crippen molar-refractivity contribution >= 4 is 5.82 Å². The molecule has 0 unspecified atom stereocenters. The Kier molecular flexibility index (Phi) is 7.10. The van der Waals surface area contributed by atoms with Crippen molar-refractivity contribution in [1.82, 2.24) is 9.97 Å². The quantitative estimate of drug-likeness (QED) is 0.685. The van der Waals surface area contributed by atoms with Gasteiger partial charge in [0.2, 0.25) is 5.88 Å². The van der Waals surface area contributed by atoms with E-state index in [-0.39, 0.29) is 0 Å². The van der Waals surface area contributed by atoms with E-state index in [2.05, 4.69) is 22.2 Å². The highest BCUT2D eigenvalue weighted by atomic mass is 16.5. The lowest BCUT2D eigenvalue weighted by molar-refractivity contribution is 0.141. The zero-order valence-electron chi connectivity index (χ0n) is 11.5. The van der Waals surface area contributed by atoms with E-state index in [1.807, 2.05) is 19.9 Å². The van der Waals surface area contributed by atoms with Crippen LogP contribution in [-0.2, 0) is 4.74 Å². The smallest absolute Gasteiger partial charge is 0.218 e. The Morgan fingerprint density at radius 3 is 2.78 bits per heavy atom. The van der Waals surface area contributed by atoms with Crippen LogP contribution in [0.3, 0.4) is 0 Å². The van der Waals surface area contributed by atoms with Gasteiger partial charge in [0.1, 0.15) is 11.6 Å². The fourth-order valence-electron chi connectivity index (χ4n) is 1.45. The molecule has 0 fully saturated rings. The van der Waals surface area contributed by atoms with Gasteiger partial charge in [0.25, 0.3) is 0 Å². The summed E-state index contributed by atoms with van der Waals surface area (Å²) in [6, 6.07) is 1.81. The van der Waals surface area contributed by atoms with E-state index < -0.39 is 0 Å². The molecule has 0 radical (unpaired) electrons. The van der Waals surface area contributed by atoms with Gasteiger partial charge in [-0.1, -0.05) is 13.3 Å². The molecule has 0 bridgehead atoms. The van der Waals surface area contributed by atoms with Crippen molar-refractivity contribution in [3.8, 4) is 5.88 Å². The second kappa shape index (κ2) is 8.69. The number of aromatic nitrogens is 2. The first kappa shape index (κ1) is 14.7. The molecule has 1 rings (SSSR count). The molecule has 5 nitrogen and oxygen atoms in total. The normalized spacial score (nSPS) is 10.4. The minimum Gasteiger partial charge on any atom is -0.478 e. The Hall–Kier alpha value is -1.36. The monoisotopic (exact) mass is 253 g/mol. The molecule has 1 aromatic heterocycles. The number of unbranched alkanes of at least 4 members (excludes halogenated alkanes) is 1. The van der Waals surface area contributed by atoms with Gasteiger partial charge >= 0.3 is 0 Å². The van der Waals surface area contributed by atoms with E-state index in [0.29, 0.717) is 24.9 Å². The third kappa shape index (κ3) is 5.82. The molecule has 0 aliphatic carbocycles. The molecule has 0 saturated heterocycles. The van der Waals surface area contributed by atoms with Crippen molar-refractivity contribution in [2.24, 2.45) is 0 Å². The van der Waals surface area contributed by atoms with Gasteiger partial charge in [-0.25, -0.2) is 4.98 Å². The van der Waals surface area contributed by atoms with Crippen LogP contribution in [0.1, 0.15) is 32.5 Å². The molecule has 0 amide bonds. The molecule has 0 aliphatic heterocycles. The summed E-state index contributed by atoms with van der Waals surface area (Å²) in [5, 5.41) is 3.21. The average molecular weight is 253 g/mol.